The molecule has 1 aliphatic rings. The van der Waals surface area contributed by atoms with E-state index in [0.29, 0.717) is 6.04 Å². The topological polar surface area (TPSA) is 24.9 Å². The normalized spacial score (nSPS) is 24.3. The Kier molecular flexibility index (Phi) is 4.91. The van der Waals surface area contributed by atoms with Crippen LogP contribution in [-0.4, -0.2) is 11.5 Å². The van der Waals surface area contributed by atoms with Gasteiger partial charge in [-0.05, 0) is 50.3 Å². The maximum absolute atomic E-state index is 4.76. The molecule has 0 radical (unpaired) electrons. The van der Waals surface area contributed by atoms with Crippen LogP contribution in [0.3, 0.4) is 0 Å². The highest BCUT2D eigenvalue weighted by Gasteiger charge is 2.20. The lowest BCUT2D eigenvalue weighted by atomic mass is 9.81. The number of nitrogens with zero attached hydrogens (tertiary/aromatic N) is 1. The molecule has 1 aliphatic carbocycles. The minimum absolute atomic E-state index is 0.367. The van der Waals surface area contributed by atoms with Crippen LogP contribution in [0.4, 0.5) is 0 Å². The van der Waals surface area contributed by atoms with E-state index in [9.17, 15) is 0 Å². The van der Waals surface area contributed by atoms with E-state index < -0.39 is 0 Å². The molecular formula is C18H26N2S. The third-order valence-corrected chi connectivity index (χ3v) is 6.16. The summed E-state index contributed by atoms with van der Waals surface area (Å²) in [4.78, 5) is 4.76. The van der Waals surface area contributed by atoms with Crippen LogP contribution >= 0.6 is 11.3 Å². The van der Waals surface area contributed by atoms with Gasteiger partial charge in [0.1, 0.15) is 5.01 Å². The van der Waals surface area contributed by atoms with Crippen molar-refractivity contribution in [3.63, 3.8) is 0 Å². The van der Waals surface area contributed by atoms with Crippen LogP contribution < -0.4 is 5.32 Å². The second-order valence-electron chi connectivity index (χ2n) is 6.44. The number of fused-ring (bicyclic) bond motifs is 1. The molecule has 1 fully saturated rings. The first-order valence-electron chi connectivity index (χ1n) is 8.35. The maximum Gasteiger partial charge on any atom is 0.111 e. The molecule has 0 aliphatic heterocycles. The zero-order chi connectivity index (χ0) is 14.7. The van der Waals surface area contributed by atoms with Crippen molar-refractivity contribution in [1.82, 2.24) is 10.3 Å². The highest BCUT2D eigenvalue weighted by molar-refractivity contribution is 7.18. The summed E-state index contributed by atoms with van der Waals surface area (Å²) in [6.45, 7) is 5.72. The third-order valence-electron chi connectivity index (χ3n) is 4.94. The number of nitrogens with one attached hydrogen (secondary N) is 1. The Balaban J connectivity index is 1.53. The highest BCUT2D eigenvalue weighted by Crippen LogP contribution is 2.31. The van der Waals surface area contributed by atoms with Gasteiger partial charge < -0.3 is 5.32 Å². The van der Waals surface area contributed by atoms with Crippen LogP contribution in [0.2, 0.25) is 0 Å². The van der Waals surface area contributed by atoms with Crippen LogP contribution in [0.5, 0.6) is 0 Å². The quantitative estimate of drug-likeness (QED) is 0.825. The Morgan fingerprint density at radius 3 is 2.62 bits per heavy atom. The van der Waals surface area contributed by atoms with Crippen molar-refractivity contribution in [2.24, 2.45) is 11.8 Å². The Morgan fingerprint density at radius 1 is 1.19 bits per heavy atom. The predicted octanol–water partition coefficient (Wildman–Crippen LogP) is 5.16. The highest BCUT2D eigenvalue weighted by atomic mass is 32.1. The van der Waals surface area contributed by atoms with E-state index >= 15 is 0 Å². The summed E-state index contributed by atoms with van der Waals surface area (Å²) in [5.41, 5.74) is 1.13. The van der Waals surface area contributed by atoms with Crippen molar-refractivity contribution < 1.29 is 0 Å². The van der Waals surface area contributed by atoms with Crippen LogP contribution in [0.15, 0.2) is 24.3 Å². The first kappa shape index (κ1) is 15.0. The van der Waals surface area contributed by atoms with Gasteiger partial charge in [0.25, 0.3) is 0 Å². The molecule has 1 saturated carbocycles. The first-order chi connectivity index (χ1) is 10.3. The molecule has 21 heavy (non-hydrogen) atoms. The van der Waals surface area contributed by atoms with E-state index in [2.05, 4.69) is 43.4 Å². The third kappa shape index (κ3) is 3.64. The fourth-order valence-electron chi connectivity index (χ4n) is 3.35. The number of benzene rings is 1. The van der Waals surface area contributed by atoms with Crippen LogP contribution in [0.1, 0.15) is 57.0 Å². The molecule has 2 nitrogen and oxygen atoms in total. The van der Waals surface area contributed by atoms with E-state index in [1.54, 1.807) is 0 Å². The average Bonchev–Trinajstić information content (AvgIpc) is 2.97. The summed E-state index contributed by atoms with van der Waals surface area (Å²) in [6, 6.07) is 8.79. The van der Waals surface area contributed by atoms with Crippen molar-refractivity contribution in [3.05, 3.63) is 29.3 Å². The van der Waals surface area contributed by atoms with Crippen LogP contribution in [-0.2, 0) is 0 Å². The molecule has 3 rings (SSSR count). The summed E-state index contributed by atoms with van der Waals surface area (Å²) < 4.78 is 1.30. The summed E-state index contributed by atoms with van der Waals surface area (Å²) in [6.07, 6.45) is 7.02. The zero-order valence-corrected chi connectivity index (χ0v) is 14.0. The number of thiazole rings is 1. The minimum atomic E-state index is 0.367. The lowest BCUT2D eigenvalue weighted by Crippen LogP contribution is -2.28. The number of rotatable bonds is 5. The molecule has 1 heterocycles. The average molecular weight is 302 g/mol. The number of aromatic nitrogens is 1. The maximum atomic E-state index is 4.76. The molecule has 3 heteroatoms. The molecule has 0 saturated heterocycles. The standard InChI is InChI=1S/C18H26N2S/c1-3-14-8-10-15(11-9-14)12-19-13(2)18-20-16-6-4-5-7-17(16)21-18/h4-7,13-15,19H,3,8-12H2,1-2H3. The molecule has 1 unspecified atom stereocenters. The van der Waals surface area contributed by atoms with Crippen molar-refractivity contribution in [2.75, 3.05) is 6.54 Å². The van der Waals surface area contributed by atoms with Gasteiger partial charge in [0, 0.05) is 0 Å². The molecule has 0 amide bonds. The van der Waals surface area contributed by atoms with Gasteiger partial charge in [-0.25, -0.2) is 4.98 Å². The van der Waals surface area contributed by atoms with Crippen molar-refractivity contribution >= 4 is 21.6 Å². The van der Waals surface area contributed by atoms with E-state index in [-0.39, 0.29) is 0 Å². The van der Waals surface area contributed by atoms with Gasteiger partial charge in [-0.1, -0.05) is 38.3 Å². The smallest absolute Gasteiger partial charge is 0.111 e. The van der Waals surface area contributed by atoms with E-state index in [1.807, 2.05) is 11.3 Å². The van der Waals surface area contributed by atoms with Gasteiger partial charge in [0.15, 0.2) is 0 Å². The number of hydrogen-bond donors (Lipinski definition) is 1. The van der Waals surface area contributed by atoms with Crippen molar-refractivity contribution in [1.29, 1.82) is 0 Å². The molecule has 1 N–H and O–H groups in total. The monoisotopic (exact) mass is 302 g/mol. The Labute approximate surface area is 132 Å². The van der Waals surface area contributed by atoms with Gasteiger partial charge in [0.2, 0.25) is 0 Å². The summed E-state index contributed by atoms with van der Waals surface area (Å²) in [7, 11) is 0. The Bertz CT molecular complexity index is 536. The second-order valence-corrected chi connectivity index (χ2v) is 7.51. The first-order valence-corrected chi connectivity index (χ1v) is 9.16. The fraction of sp³-hybridized carbons (Fsp3) is 0.611. The molecule has 0 bridgehead atoms. The van der Waals surface area contributed by atoms with Crippen LogP contribution in [0.25, 0.3) is 10.2 Å². The predicted molar refractivity (Wildman–Crippen MR) is 91.8 cm³/mol. The molecule has 1 atom stereocenters. The lowest BCUT2D eigenvalue weighted by Gasteiger charge is -2.28. The van der Waals surface area contributed by atoms with Crippen LogP contribution in [0, 0.1) is 11.8 Å². The molecule has 2 aromatic rings. The van der Waals surface area contributed by atoms with E-state index in [1.165, 1.54) is 41.8 Å². The summed E-state index contributed by atoms with van der Waals surface area (Å²) in [5, 5.41) is 4.93. The SMILES string of the molecule is CCC1CCC(CNC(C)c2nc3ccccc3s2)CC1. The number of hydrogen-bond acceptors (Lipinski definition) is 3. The zero-order valence-electron chi connectivity index (χ0n) is 13.1. The van der Waals surface area contributed by atoms with Crippen molar-refractivity contribution in [2.45, 2.75) is 52.0 Å². The van der Waals surface area contributed by atoms with E-state index in [0.717, 1.165) is 23.9 Å². The largest absolute Gasteiger partial charge is 0.308 e. The molecule has 0 spiro atoms. The minimum Gasteiger partial charge on any atom is -0.308 e. The van der Waals surface area contributed by atoms with Gasteiger partial charge in [-0.3, -0.25) is 0 Å². The van der Waals surface area contributed by atoms with E-state index in [4.69, 9.17) is 4.98 Å². The molecule has 114 valence electrons. The molecule has 1 aromatic heterocycles. The molecular weight excluding hydrogens is 276 g/mol. The summed E-state index contributed by atoms with van der Waals surface area (Å²) in [5.74, 6) is 1.85. The van der Waals surface area contributed by atoms with Gasteiger partial charge >= 0.3 is 0 Å². The molecule has 1 aromatic carbocycles. The van der Waals surface area contributed by atoms with Gasteiger partial charge in [-0.2, -0.15) is 0 Å². The Hall–Kier alpha value is -0.930. The number of para-hydroxylation sites is 1. The fourth-order valence-corrected chi connectivity index (χ4v) is 4.34. The van der Waals surface area contributed by atoms with Gasteiger partial charge in [-0.15, -0.1) is 11.3 Å². The van der Waals surface area contributed by atoms with Gasteiger partial charge in [0.05, 0.1) is 16.3 Å². The van der Waals surface area contributed by atoms with Crippen molar-refractivity contribution in [3.8, 4) is 0 Å². The lowest BCUT2D eigenvalue weighted by molar-refractivity contribution is 0.258. The Morgan fingerprint density at radius 2 is 1.90 bits per heavy atom. The second kappa shape index (κ2) is 6.89. The summed E-state index contributed by atoms with van der Waals surface area (Å²) >= 11 is 1.82.